The minimum Gasteiger partial charge on any atom is -0.301 e. The van der Waals surface area contributed by atoms with Gasteiger partial charge in [-0.2, -0.15) is 0 Å². The van der Waals surface area contributed by atoms with Gasteiger partial charge < -0.3 is 4.79 Å². The van der Waals surface area contributed by atoms with Crippen LogP contribution in [0.2, 0.25) is 0 Å². The van der Waals surface area contributed by atoms with Crippen molar-refractivity contribution in [1.29, 1.82) is 0 Å². The maximum absolute atomic E-state index is 10.7. The second-order valence-electron chi connectivity index (χ2n) is 2.77. The molecule has 0 bridgehead atoms. The molecule has 2 nitrogen and oxygen atoms in total. The standard InChI is InChI=1S/C6H9NOS2/c1-2-4-5-6(4,3-8)7-10-9-5/h3-5,7H,2H2,1H3. The Hall–Kier alpha value is 0.330. The van der Waals surface area contributed by atoms with Gasteiger partial charge >= 0.3 is 0 Å². The Balaban J connectivity index is 2.14. The van der Waals surface area contributed by atoms with E-state index in [1.165, 1.54) is 0 Å². The van der Waals surface area contributed by atoms with Gasteiger partial charge in [-0.05, 0) is 17.4 Å². The minimum atomic E-state index is -0.135. The van der Waals surface area contributed by atoms with Crippen molar-refractivity contribution in [2.75, 3.05) is 0 Å². The molecule has 3 unspecified atom stereocenters. The summed E-state index contributed by atoms with van der Waals surface area (Å²) in [4.78, 5) is 10.7. The molecule has 3 atom stereocenters. The maximum atomic E-state index is 10.7. The van der Waals surface area contributed by atoms with E-state index in [0.29, 0.717) is 11.2 Å². The topological polar surface area (TPSA) is 29.1 Å². The van der Waals surface area contributed by atoms with E-state index in [1.54, 1.807) is 21.8 Å². The van der Waals surface area contributed by atoms with Crippen LogP contribution in [0.5, 0.6) is 0 Å². The van der Waals surface area contributed by atoms with Gasteiger partial charge in [-0.15, -0.1) is 0 Å². The van der Waals surface area contributed by atoms with Crippen LogP contribution >= 0.6 is 21.8 Å². The Kier molecular flexibility index (Phi) is 1.51. The summed E-state index contributed by atoms with van der Waals surface area (Å²) in [5, 5.41) is 0.556. The molecule has 2 rings (SSSR count). The van der Waals surface area contributed by atoms with Gasteiger partial charge in [-0.3, -0.25) is 0 Å². The van der Waals surface area contributed by atoms with E-state index in [4.69, 9.17) is 0 Å². The van der Waals surface area contributed by atoms with E-state index >= 15 is 0 Å². The summed E-state index contributed by atoms with van der Waals surface area (Å²) in [6, 6.07) is 0. The van der Waals surface area contributed by atoms with Crippen molar-refractivity contribution in [2.24, 2.45) is 5.92 Å². The normalized spacial score (nSPS) is 50.5. The Morgan fingerprint density at radius 1 is 1.80 bits per heavy atom. The van der Waals surface area contributed by atoms with Crippen molar-refractivity contribution in [1.82, 2.24) is 4.72 Å². The van der Waals surface area contributed by atoms with Crippen molar-refractivity contribution in [3.63, 3.8) is 0 Å². The number of nitrogens with one attached hydrogen (secondary N) is 1. The quantitative estimate of drug-likeness (QED) is 0.388. The van der Waals surface area contributed by atoms with E-state index < -0.39 is 0 Å². The fourth-order valence-corrected chi connectivity index (χ4v) is 4.99. The van der Waals surface area contributed by atoms with E-state index in [2.05, 4.69) is 11.6 Å². The van der Waals surface area contributed by atoms with Crippen LogP contribution < -0.4 is 4.72 Å². The predicted molar refractivity (Wildman–Crippen MR) is 44.7 cm³/mol. The van der Waals surface area contributed by atoms with E-state index in [0.717, 1.165) is 12.7 Å². The lowest BCUT2D eigenvalue weighted by Crippen LogP contribution is -2.28. The molecule has 0 radical (unpaired) electrons. The monoisotopic (exact) mass is 175 g/mol. The molecule has 2 fully saturated rings. The first kappa shape index (κ1) is 7.00. The molecule has 0 aromatic heterocycles. The molecule has 10 heavy (non-hydrogen) atoms. The third kappa shape index (κ3) is 0.646. The van der Waals surface area contributed by atoms with Crippen LogP contribution in [0.1, 0.15) is 13.3 Å². The van der Waals surface area contributed by atoms with Gasteiger partial charge in [0, 0.05) is 11.2 Å². The number of rotatable bonds is 2. The summed E-state index contributed by atoms with van der Waals surface area (Å²) >= 11 is 0. The third-order valence-corrected chi connectivity index (χ3v) is 4.97. The number of carbonyl (C=O) groups is 1. The van der Waals surface area contributed by atoms with Crippen molar-refractivity contribution < 1.29 is 4.79 Å². The van der Waals surface area contributed by atoms with Gasteiger partial charge in [-0.25, -0.2) is 4.72 Å². The smallest absolute Gasteiger partial charge is 0.142 e. The van der Waals surface area contributed by atoms with E-state index in [-0.39, 0.29) is 5.54 Å². The molecular formula is C6H9NOS2. The number of aldehydes is 1. The van der Waals surface area contributed by atoms with Crippen LogP contribution in [-0.2, 0) is 4.79 Å². The van der Waals surface area contributed by atoms with Crippen LogP contribution in [0.3, 0.4) is 0 Å². The average molecular weight is 175 g/mol. The Morgan fingerprint density at radius 3 is 3.00 bits per heavy atom. The SMILES string of the molecule is CCC1C2SSNC12C=O. The second kappa shape index (κ2) is 2.16. The fraction of sp³-hybridized carbons (Fsp3) is 0.833. The molecule has 2 aliphatic rings. The Morgan fingerprint density at radius 2 is 2.60 bits per heavy atom. The minimum absolute atomic E-state index is 0.135. The first-order valence-electron chi connectivity index (χ1n) is 3.41. The highest BCUT2D eigenvalue weighted by molar-refractivity contribution is 8.76. The molecule has 4 heteroatoms. The maximum Gasteiger partial charge on any atom is 0.142 e. The number of carbonyl (C=O) groups excluding carboxylic acids is 1. The van der Waals surface area contributed by atoms with Gasteiger partial charge in [-0.1, -0.05) is 17.7 Å². The first-order valence-corrected chi connectivity index (χ1v) is 5.62. The summed E-state index contributed by atoms with van der Waals surface area (Å²) in [6.07, 6.45) is 2.20. The van der Waals surface area contributed by atoms with Crippen LogP contribution in [0, 0.1) is 5.92 Å². The van der Waals surface area contributed by atoms with Crippen molar-refractivity contribution >= 4 is 28.1 Å². The van der Waals surface area contributed by atoms with Crippen molar-refractivity contribution in [2.45, 2.75) is 24.1 Å². The summed E-state index contributed by atoms with van der Waals surface area (Å²) in [7, 11) is 3.41. The predicted octanol–water partition coefficient (Wildman–Crippen LogP) is 1.23. The molecule has 0 aromatic rings. The number of hydrogen-bond acceptors (Lipinski definition) is 4. The van der Waals surface area contributed by atoms with Gasteiger partial charge in [0.2, 0.25) is 0 Å². The molecule has 1 heterocycles. The lowest BCUT2D eigenvalue weighted by molar-refractivity contribution is -0.110. The van der Waals surface area contributed by atoms with Gasteiger partial charge in [0.25, 0.3) is 0 Å². The molecule has 1 aliphatic heterocycles. The van der Waals surface area contributed by atoms with Gasteiger partial charge in [0.05, 0.1) is 0 Å². The number of hydrogen-bond donors (Lipinski definition) is 1. The zero-order valence-electron chi connectivity index (χ0n) is 5.66. The van der Waals surface area contributed by atoms with Crippen LogP contribution in [-0.4, -0.2) is 17.1 Å². The van der Waals surface area contributed by atoms with Crippen LogP contribution in [0.4, 0.5) is 0 Å². The number of fused-ring (bicyclic) bond motifs is 1. The summed E-state index contributed by atoms with van der Waals surface area (Å²) in [5.41, 5.74) is -0.135. The van der Waals surface area contributed by atoms with Crippen molar-refractivity contribution in [3.05, 3.63) is 0 Å². The molecule has 1 saturated heterocycles. The molecule has 1 saturated carbocycles. The molecule has 56 valence electrons. The summed E-state index contributed by atoms with van der Waals surface area (Å²) in [5.74, 6) is 0.594. The highest BCUT2D eigenvalue weighted by Crippen LogP contribution is 2.62. The van der Waals surface area contributed by atoms with Crippen molar-refractivity contribution in [3.8, 4) is 0 Å². The lowest BCUT2D eigenvalue weighted by atomic mass is 10.2. The van der Waals surface area contributed by atoms with Crippen LogP contribution in [0.15, 0.2) is 0 Å². The van der Waals surface area contributed by atoms with E-state index in [9.17, 15) is 4.79 Å². The highest BCUT2D eigenvalue weighted by atomic mass is 33.1. The second-order valence-corrected chi connectivity index (χ2v) is 4.92. The zero-order valence-corrected chi connectivity index (χ0v) is 7.30. The third-order valence-electron chi connectivity index (χ3n) is 2.35. The fourth-order valence-electron chi connectivity index (χ4n) is 1.60. The van der Waals surface area contributed by atoms with Gasteiger partial charge in [0.1, 0.15) is 11.8 Å². The van der Waals surface area contributed by atoms with Crippen LogP contribution in [0.25, 0.3) is 0 Å². The molecule has 1 aliphatic carbocycles. The largest absolute Gasteiger partial charge is 0.301 e. The molecule has 0 aromatic carbocycles. The lowest BCUT2D eigenvalue weighted by Gasteiger charge is -2.04. The summed E-state index contributed by atoms with van der Waals surface area (Å²) < 4.78 is 3.17. The first-order chi connectivity index (χ1) is 4.85. The van der Waals surface area contributed by atoms with Gasteiger partial charge in [0.15, 0.2) is 0 Å². The molecule has 1 N–H and O–H groups in total. The summed E-state index contributed by atoms with van der Waals surface area (Å²) in [6.45, 7) is 2.14. The Bertz CT molecular complexity index is 169. The highest BCUT2D eigenvalue weighted by Gasteiger charge is 2.68. The molecule has 0 spiro atoms. The van der Waals surface area contributed by atoms with E-state index in [1.807, 2.05) is 0 Å². The molecule has 0 amide bonds. The Labute approximate surface area is 68.0 Å². The average Bonchev–Trinajstić information content (AvgIpc) is 2.38. The molecular weight excluding hydrogens is 166 g/mol. The zero-order chi connectivity index (χ0) is 7.19.